The maximum atomic E-state index is 11.2. The van der Waals surface area contributed by atoms with Crippen LogP contribution in [0.3, 0.4) is 0 Å². The molecule has 0 unspecified atom stereocenters. The standard InChI is InChI=1S/C14H18OS/c1-2-16-14-9-5-12(6-10-14)11-3-7-13(15)8-4-11/h5-6,9-11H,2-4,7-8H2,1H3. The Balaban J connectivity index is 2.01. The second kappa shape index (κ2) is 5.53. The number of thioether (sulfide) groups is 1. The summed E-state index contributed by atoms with van der Waals surface area (Å²) >= 11 is 1.88. The summed E-state index contributed by atoms with van der Waals surface area (Å²) in [5.41, 5.74) is 1.41. The lowest BCUT2D eigenvalue weighted by Gasteiger charge is -2.21. The van der Waals surface area contributed by atoms with E-state index in [-0.39, 0.29) is 0 Å². The van der Waals surface area contributed by atoms with Gasteiger partial charge in [-0.3, -0.25) is 4.79 Å². The monoisotopic (exact) mass is 234 g/mol. The molecule has 0 aromatic heterocycles. The SMILES string of the molecule is CCSc1ccc(C2CCC(=O)CC2)cc1. The van der Waals surface area contributed by atoms with Crippen LogP contribution in [0, 0.1) is 0 Å². The van der Waals surface area contributed by atoms with Crippen LogP contribution < -0.4 is 0 Å². The van der Waals surface area contributed by atoms with E-state index in [2.05, 4.69) is 31.2 Å². The Kier molecular flexibility index (Phi) is 4.05. The largest absolute Gasteiger partial charge is 0.300 e. The summed E-state index contributed by atoms with van der Waals surface area (Å²) in [6, 6.07) is 8.89. The van der Waals surface area contributed by atoms with E-state index in [1.54, 1.807) is 0 Å². The zero-order valence-electron chi connectivity index (χ0n) is 9.74. The third-order valence-electron chi connectivity index (χ3n) is 3.21. The number of hydrogen-bond donors (Lipinski definition) is 0. The number of hydrogen-bond acceptors (Lipinski definition) is 2. The summed E-state index contributed by atoms with van der Waals surface area (Å²) in [5.74, 6) is 2.17. The van der Waals surface area contributed by atoms with Crippen LogP contribution in [0.25, 0.3) is 0 Å². The van der Waals surface area contributed by atoms with Crippen LogP contribution in [0.5, 0.6) is 0 Å². The van der Waals surface area contributed by atoms with Crippen molar-refractivity contribution in [1.29, 1.82) is 0 Å². The van der Waals surface area contributed by atoms with Crippen molar-refractivity contribution in [2.24, 2.45) is 0 Å². The Morgan fingerprint density at radius 2 is 1.81 bits per heavy atom. The number of carbonyl (C=O) groups excluding carboxylic acids is 1. The van der Waals surface area contributed by atoms with E-state index in [9.17, 15) is 4.79 Å². The van der Waals surface area contributed by atoms with E-state index in [1.165, 1.54) is 10.5 Å². The number of rotatable bonds is 3. The van der Waals surface area contributed by atoms with Crippen molar-refractivity contribution in [3.63, 3.8) is 0 Å². The lowest BCUT2D eigenvalue weighted by molar-refractivity contribution is -0.120. The molecule has 0 amide bonds. The highest BCUT2D eigenvalue weighted by Crippen LogP contribution is 2.32. The molecule has 2 rings (SSSR count). The van der Waals surface area contributed by atoms with Crippen LogP contribution >= 0.6 is 11.8 Å². The Bertz CT molecular complexity index is 346. The van der Waals surface area contributed by atoms with Crippen LogP contribution in [-0.2, 0) is 4.79 Å². The van der Waals surface area contributed by atoms with E-state index in [0.717, 1.165) is 31.4 Å². The summed E-state index contributed by atoms with van der Waals surface area (Å²) in [5, 5.41) is 0. The summed E-state index contributed by atoms with van der Waals surface area (Å²) in [7, 11) is 0. The van der Waals surface area contributed by atoms with Crippen LogP contribution in [0.15, 0.2) is 29.2 Å². The van der Waals surface area contributed by atoms with Crippen molar-refractivity contribution < 1.29 is 4.79 Å². The summed E-state index contributed by atoms with van der Waals surface area (Å²) in [6.45, 7) is 2.17. The Labute approximate surface area is 102 Å². The van der Waals surface area contributed by atoms with Gasteiger partial charge in [0.15, 0.2) is 0 Å². The third-order valence-corrected chi connectivity index (χ3v) is 4.10. The maximum Gasteiger partial charge on any atom is 0.132 e. The van der Waals surface area contributed by atoms with Crippen molar-refractivity contribution in [2.75, 3.05) is 5.75 Å². The average Bonchev–Trinajstić information content (AvgIpc) is 2.32. The second-order valence-electron chi connectivity index (χ2n) is 4.31. The van der Waals surface area contributed by atoms with Crippen molar-refractivity contribution in [2.45, 2.75) is 43.4 Å². The van der Waals surface area contributed by atoms with Crippen molar-refractivity contribution in [3.8, 4) is 0 Å². The van der Waals surface area contributed by atoms with E-state index >= 15 is 0 Å². The highest BCUT2D eigenvalue weighted by Gasteiger charge is 2.19. The van der Waals surface area contributed by atoms with E-state index in [0.29, 0.717) is 11.7 Å². The second-order valence-corrected chi connectivity index (χ2v) is 5.65. The molecule has 0 saturated heterocycles. The first kappa shape index (κ1) is 11.7. The molecule has 0 aliphatic heterocycles. The van der Waals surface area contributed by atoms with Gasteiger partial charge < -0.3 is 0 Å². The zero-order valence-corrected chi connectivity index (χ0v) is 10.6. The van der Waals surface area contributed by atoms with Gasteiger partial charge in [0, 0.05) is 17.7 Å². The van der Waals surface area contributed by atoms with Gasteiger partial charge in [-0.05, 0) is 42.2 Å². The molecule has 0 heterocycles. The number of carbonyl (C=O) groups is 1. The van der Waals surface area contributed by atoms with E-state index in [4.69, 9.17) is 0 Å². The van der Waals surface area contributed by atoms with Crippen LogP contribution in [0.4, 0.5) is 0 Å². The first-order valence-corrected chi connectivity index (χ1v) is 7.02. The number of Topliss-reactive ketones (excluding diaryl/α,β-unsaturated/α-hetero) is 1. The van der Waals surface area contributed by atoms with Gasteiger partial charge in [-0.2, -0.15) is 0 Å². The van der Waals surface area contributed by atoms with Gasteiger partial charge in [0.2, 0.25) is 0 Å². The molecular weight excluding hydrogens is 216 g/mol. The van der Waals surface area contributed by atoms with Crippen LogP contribution in [0.2, 0.25) is 0 Å². The highest BCUT2D eigenvalue weighted by atomic mass is 32.2. The fourth-order valence-corrected chi connectivity index (χ4v) is 2.94. The molecule has 1 aromatic carbocycles. The predicted octanol–water partition coefficient (Wildman–Crippen LogP) is 4.03. The minimum absolute atomic E-state index is 0.439. The Morgan fingerprint density at radius 1 is 1.19 bits per heavy atom. The third kappa shape index (κ3) is 2.88. The average molecular weight is 234 g/mol. The fourth-order valence-electron chi connectivity index (χ4n) is 2.28. The van der Waals surface area contributed by atoms with E-state index in [1.807, 2.05) is 11.8 Å². The molecule has 1 aliphatic carbocycles. The van der Waals surface area contributed by atoms with Crippen LogP contribution in [-0.4, -0.2) is 11.5 Å². The molecule has 0 spiro atoms. The molecule has 1 aliphatic rings. The molecule has 0 bridgehead atoms. The first-order valence-electron chi connectivity index (χ1n) is 6.04. The van der Waals surface area contributed by atoms with Gasteiger partial charge in [0.25, 0.3) is 0 Å². The van der Waals surface area contributed by atoms with E-state index < -0.39 is 0 Å². The number of ketones is 1. The molecule has 1 saturated carbocycles. The molecule has 1 aromatic rings. The summed E-state index contributed by atoms with van der Waals surface area (Å²) < 4.78 is 0. The zero-order chi connectivity index (χ0) is 11.4. The normalized spacial score (nSPS) is 17.7. The minimum atomic E-state index is 0.439. The quantitative estimate of drug-likeness (QED) is 0.735. The van der Waals surface area contributed by atoms with Gasteiger partial charge in [0.1, 0.15) is 5.78 Å². The lowest BCUT2D eigenvalue weighted by atomic mass is 9.83. The Morgan fingerprint density at radius 3 is 2.38 bits per heavy atom. The van der Waals surface area contributed by atoms with Gasteiger partial charge in [-0.15, -0.1) is 11.8 Å². The number of benzene rings is 1. The molecule has 86 valence electrons. The molecule has 0 atom stereocenters. The first-order chi connectivity index (χ1) is 7.79. The van der Waals surface area contributed by atoms with Crippen molar-refractivity contribution >= 4 is 17.5 Å². The molecule has 0 radical (unpaired) electrons. The lowest BCUT2D eigenvalue weighted by Crippen LogP contribution is -2.12. The Hall–Kier alpha value is -0.760. The molecule has 0 N–H and O–H groups in total. The summed E-state index contributed by atoms with van der Waals surface area (Å²) in [4.78, 5) is 12.5. The highest BCUT2D eigenvalue weighted by molar-refractivity contribution is 7.99. The van der Waals surface area contributed by atoms with Crippen molar-refractivity contribution in [3.05, 3.63) is 29.8 Å². The molecule has 1 nitrogen and oxygen atoms in total. The van der Waals surface area contributed by atoms with Gasteiger partial charge in [0.05, 0.1) is 0 Å². The molecule has 1 fully saturated rings. The maximum absolute atomic E-state index is 11.2. The predicted molar refractivity (Wildman–Crippen MR) is 69.1 cm³/mol. The molecule has 2 heteroatoms. The van der Waals surface area contributed by atoms with Crippen LogP contribution in [0.1, 0.15) is 44.1 Å². The topological polar surface area (TPSA) is 17.1 Å². The van der Waals surface area contributed by atoms with Gasteiger partial charge in [-0.25, -0.2) is 0 Å². The van der Waals surface area contributed by atoms with Gasteiger partial charge in [-0.1, -0.05) is 19.1 Å². The molecule has 16 heavy (non-hydrogen) atoms. The fraction of sp³-hybridized carbons (Fsp3) is 0.500. The minimum Gasteiger partial charge on any atom is -0.300 e. The summed E-state index contributed by atoms with van der Waals surface area (Å²) in [6.07, 6.45) is 3.63. The molecular formula is C14H18OS. The van der Waals surface area contributed by atoms with Crippen molar-refractivity contribution in [1.82, 2.24) is 0 Å². The van der Waals surface area contributed by atoms with Gasteiger partial charge >= 0.3 is 0 Å². The smallest absolute Gasteiger partial charge is 0.132 e.